The lowest BCUT2D eigenvalue weighted by atomic mass is 10.0. The molecule has 0 aliphatic heterocycles. The van der Waals surface area contributed by atoms with Crippen LogP contribution in [-0.4, -0.2) is 5.26 Å². The number of hydrogen-bond acceptors (Lipinski definition) is 2. The zero-order valence-electron chi connectivity index (χ0n) is 8.73. The van der Waals surface area contributed by atoms with E-state index in [0.29, 0.717) is 5.75 Å². The lowest BCUT2D eigenvalue weighted by molar-refractivity contribution is -0.136. The van der Waals surface area contributed by atoms with Gasteiger partial charge < -0.3 is 4.89 Å². The van der Waals surface area contributed by atoms with Crippen LogP contribution in [0.1, 0.15) is 18.9 Å². The van der Waals surface area contributed by atoms with Crippen LogP contribution >= 0.6 is 0 Å². The van der Waals surface area contributed by atoms with Gasteiger partial charge in [-0.15, -0.1) is 0 Å². The van der Waals surface area contributed by atoms with Gasteiger partial charge in [0.15, 0.2) is 5.75 Å². The van der Waals surface area contributed by atoms with E-state index < -0.39 is 0 Å². The van der Waals surface area contributed by atoms with Gasteiger partial charge in [0, 0.05) is 5.39 Å². The van der Waals surface area contributed by atoms with Crippen molar-refractivity contribution in [2.75, 3.05) is 0 Å². The van der Waals surface area contributed by atoms with Crippen LogP contribution in [0.5, 0.6) is 5.75 Å². The number of rotatable bonds is 3. The van der Waals surface area contributed by atoms with Crippen molar-refractivity contribution in [3.63, 3.8) is 0 Å². The minimum atomic E-state index is 0.593. The minimum absolute atomic E-state index is 0.593. The second kappa shape index (κ2) is 4.32. The molecule has 15 heavy (non-hydrogen) atoms. The topological polar surface area (TPSA) is 29.5 Å². The summed E-state index contributed by atoms with van der Waals surface area (Å²) in [6.07, 6.45) is 1.95. The van der Waals surface area contributed by atoms with Crippen LogP contribution in [-0.2, 0) is 6.42 Å². The largest absolute Gasteiger partial charge is 0.339 e. The van der Waals surface area contributed by atoms with Gasteiger partial charge in [0.2, 0.25) is 0 Å². The Bertz CT molecular complexity index is 463. The average molecular weight is 202 g/mol. The Kier molecular flexibility index (Phi) is 2.88. The molecule has 0 bridgehead atoms. The first-order valence-corrected chi connectivity index (χ1v) is 5.19. The molecule has 2 nitrogen and oxygen atoms in total. The van der Waals surface area contributed by atoms with Crippen molar-refractivity contribution in [3.05, 3.63) is 42.0 Å². The molecule has 0 spiro atoms. The van der Waals surface area contributed by atoms with Gasteiger partial charge in [-0.3, -0.25) is 0 Å². The molecule has 78 valence electrons. The standard InChI is InChI=1S/C13H14O2/c1-2-5-11-9-8-10-6-3-4-7-12(10)13(11)15-14/h3-4,6-9,14H,2,5H2,1H3. The molecule has 0 aromatic heterocycles. The van der Waals surface area contributed by atoms with E-state index in [1.807, 2.05) is 30.3 Å². The third-order valence-corrected chi connectivity index (χ3v) is 2.57. The summed E-state index contributed by atoms with van der Waals surface area (Å²) in [5, 5.41) is 11.0. The number of fused-ring (bicyclic) bond motifs is 1. The third kappa shape index (κ3) is 1.81. The smallest absolute Gasteiger partial charge is 0.176 e. The maximum Gasteiger partial charge on any atom is 0.176 e. The van der Waals surface area contributed by atoms with Crippen molar-refractivity contribution in [1.82, 2.24) is 0 Å². The van der Waals surface area contributed by atoms with E-state index in [1.165, 1.54) is 0 Å². The molecule has 0 heterocycles. The third-order valence-electron chi connectivity index (χ3n) is 2.57. The lowest BCUT2D eigenvalue weighted by Crippen LogP contribution is -1.93. The van der Waals surface area contributed by atoms with Crippen LogP contribution in [0.3, 0.4) is 0 Å². The average Bonchev–Trinajstić information content (AvgIpc) is 2.29. The van der Waals surface area contributed by atoms with Crippen molar-refractivity contribution < 1.29 is 10.1 Å². The summed E-state index contributed by atoms with van der Waals surface area (Å²) in [7, 11) is 0. The second-order valence-corrected chi connectivity index (χ2v) is 3.62. The van der Waals surface area contributed by atoms with Crippen molar-refractivity contribution in [2.24, 2.45) is 0 Å². The number of hydrogen-bond donors (Lipinski definition) is 1. The molecule has 0 amide bonds. The molecule has 2 rings (SSSR count). The molecular formula is C13H14O2. The molecule has 0 saturated heterocycles. The first kappa shape index (κ1) is 9.99. The molecule has 2 aromatic carbocycles. The minimum Gasteiger partial charge on any atom is -0.339 e. The highest BCUT2D eigenvalue weighted by atomic mass is 17.1. The summed E-state index contributed by atoms with van der Waals surface area (Å²) in [5.41, 5.74) is 1.05. The van der Waals surface area contributed by atoms with Crippen LogP contribution in [0.4, 0.5) is 0 Å². The van der Waals surface area contributed by atoms with Gasteiger partial charge in [0.25, 0.3) is 0 Å². The molecule has 0 aliphatic rings. The number of aryl methyl sites for hydroxylation is 1. The fourth-order valence-electron chi connectivity index (χ4n) is 1.86. The highest BCUT2D eigenvalue weighted by Gasteiger charge is 2.07. The predicted octanol–water partition coefficient (Wildman–Crippen LogP) is 3.64. The van der Waals surface area contributed by atoms with Gasteiger partial charge in [-0.2, -0.15) is 0 Å². The van der Waals surface area contributed by atoms with Gasteiger partial charge in [0.05, 0.1) is 0 Å². The molecule has 2 heteroatoms. The van der Waals surface area contributed by atoms with Gasteiger partial charge in [-0.05, 0) is 17.4 Å². The maximum atomic E-state index is 8.94. The van der Waals surface area contributed by atoms with Crippen LogP contribution in [0.25, 0.3) is 10.8 Å². The van der Waals surface area contributed by atoms with Crippen LogP contribution < -0.4 is 4.89 Å². The van der Waals surface area contributed by atoms with Crippen LogP contribution in [0.2, 0.25) is 0 Å². The van der Waals surface area contributed by atoms with Gasteiger partial charge in [-0.25, -0.2) is 5.26 Å². The Morgan fingerprint density at radius 1 is 1.13 bits per heavy atom. The van der Waals surface area contributed by atoms with E-state index in [1.54, 1.807) is 0 Å². The van der Waals surface area contributed by atoms with E-state index in [4.69, 9.17) is 5.26 Å². The molecule has 2 aromatic rings. The molecule has 0 aliphatic carbocycles. The lowest BCUT2D eigenvalue weighted by Gasteiger charge is -2.08. The zero-order valence-corrected chi connectivity index (χ0v) is 8.73. The van der Waals surface area contributed by atoms with E-state index in [-0.39, 0.29) is 0 Å². The SMILES string of the molecule is CCCc1ccc2ccccc2c1OO. The van der Waals surface area contributed by atoms with E-state index >= 15 is 0 Å². The quantitative estimate of drug-likeness (QED) is 0.608. The fourth-order valence-corrected chi connectivity index (χ4v) is 1.86. The predicted molar refractivity (Wildman–Crippen MR) is 61.2 cm³/mol. The first-order chi connectivity index (χ1) is 7.36. The van der Waals surface area contributed by atoms with Gasteiger partial charge >= 0.3 is 0 Å². The van der Waals surface area contributed by atoms with E-state index in [0.717, 1.165) is 29.2 Å². The van der Waals surface area contributed by atoms with Crippen molar-refractivity contribution in [2.45, 2.75) is 19.8 Å². The Morgan fingerprint density at radius 3 is 2.67 bits per heavy atom. The van der Waals surface area contributed by atoms with Gasteiger partial charge in [-0.1, -0.05) is 49.7 Å². The Morgan fingerprint density at radius 2 is 1.93 bits per heavy atom. The van der Waals surface area contributed by atoms with Gasteiger partial charge in [0.1, 0.15) is 0 Å². The Labute approximate surface area is 89.0 Å². The zero-order chi connectivity index (χ0) is 10.7. The van der Waals surface area contributed by atoms with Crippen molar-refractivity contribution >= 4 is 10.8 Å². The summed E-state index contributed by atoms with van der Waals surface area (Å²) in [4.78, 5) is 4.51. The number of benzene rings is 2. The molecular weight excluding hydrogens is 188 g/mol. The molecule has 0 atom stereocenters. The summed E-state index contributed by atoms with van der Waals surface area (Å²) < 4.78 is 0. The fraction of sp³-hybridized carbons (Fsp3) is 0.231. The Balaban J connectivity index is 2.64. The highest BCUT2D eigenvalue weighted by Crippen LogP contribution is 2.30. The maximum absolute atomic E-state index is 8.94. The normalized spacial score (nSPS) is 10.5. The molecule has 0 unspecified atom stereocenters. The first-order valence-electron chi connectivity index (χ1n) is 5.19. The van der Waals surface area contributed by atoms with Crippen molar-refractivity contribution in [1.29, 1.82) is 0 Å². The summed E-state index contributed by atoms with van der Waals surface area (Å²) in [6.45, 7) is 2.11. The van der Waals surface area contributed by atoms with Crippen LogP contribution in [0, 0.1) is 0 Å². The summed E-state index contributed by atoms with van der Waals surface area (Å²) >= 11 is 0. The van der Waals surface area contributed by atoms with E-state index in [2.05, 4.69) is 17.9 Å². The monoisotopic (exact) mass is 202 g/mol. The molecule has 0 radical (unpaired) electrons. The molecule has 0 fully saturated rings. The second-order valence-electron chi connectivity index (χ2n) is 3.62. The highest BCUT2D eigenvalue weighted by molar-refractivity contribution is 5.89. The molecule has 1 N–H and O–H groups in total. The van der Waals surface area contributed by atoms with Crippen LogP contribution in [0.15, 0.2) is 36.4 Å². The summed E-state index contributed by atoms with van der Waals surface area (Å²) in [5.74, 6) is 0.593. The van der Waals surface area contributed by atoms with Crippen molar-refractivity contribution in [3.8, 4) is 5.75 Å². The Hall–Kier alpha value is -1.54. The molecule has 0 saturated carbocycles. The summed E-state index contributed by atoms with van der Waals surface area (Å²) in [6, 6.07) is 12.0. The van der Waals surface area contributed by atoms with E-state index in [9.17, 15) is 0 Å².